The Kier molecular flexibility index (Phi) is 5.63. The van der Waals surface area contributed by atoms with E-state index in [1.165, 1.54) is 23.0 Å². The molecule has 5 nitrogen and oxygen atoms in total. The minimum atomic E-state index is -4.45. The van der Waals surface area contributed by atoms with E-state index < -0.39 is 11.7 Å². The van der Waals surface area contributed by atoms with Gasteiger partial charge in [-0.15, -0.1) is 0 Å². The number of aromatic nitrogens is 2. The van der Waals surface area contributed by atoms with Crippen molar-refractivity contribution >= 4 is 11.6 Å². The van der Waals surface area contributed by atoms with Gasteiger partial charge in [-0.1, -0.05) is 18.2 Å². The standard InChI is InChI=1S/C21H21F3N4O/c1-14-19(20(29)25-12-15-7-9-17(10-8-15)27(2)3)13-26-28(14)18-6-4-5-16(11-18)21(22,23)24/h4-11,13H,12H2,1-3H3,(H,25,29). The van der Waals surface area contributed by atoms with Gasteiger partial charge in [-0.3, -0.25) is 4.79 Å². The third kappa shape index (κ3) is 4.59. The first kappa shape index (κ1) is 20.4. The van der Waals surface area contributed by atoms with Crippen molar-refractivity contribution in [3.8, 4) is 5.69 Å². The molecule has 1 aromatic heterocycles. The third-order valence-electron chi connectivity index (χ3n) is 4.58. The molecular weight excluding hydrogens is 381 g/mol. The maximum atomic E-state index is 13.0. The topological polar surface area (TPSA) is 50.2 Å². The van der Waals surface area contributed by atoms with Crippen molar-refractivity contribution in [2.45, 2.75) is 19.6 Å². The van der Waals surface area contributed by atoms with Crippen LogP contribution < -0.4 is 10.2 Å². The van der Waals surface area contributed by atoms with Crippen LogP contribution in [0.15, 0.2) is 54.7 Å². The fraction of sp³-hybridized carbons (Fsp3) is 0.238. The lowest BCUT2D eigenvalue weighted by atomic mass is 10.1. The molecule has 0 aliphatic rings. The molecule has 8 heteroatoms. The molecule has 1 heterocycles. The van der Waals surface area contributed by atoms with E-state index in [-0.39, 0.29) is 11.6 Å². The number of alkyl halides is 3. The minimum absolute atomic E-state index is 0.246. The molecule has 0 aliphatic carbocycles. The highest BCUT2D eigenvalue weighted by atomic mass is 19.4. The highest BCUT2D eigenvalue weighted by Crippen LogP contribution is 2.30. The summed E-state index contributed by atoms with van der Waals surface area (Å²) in [5, 5.41) is 6.92. The lowest BCUT2D eigenvalue weighted by molar-refractivity contribution is -0.137. The summed E-state index contributed by atoms with van der Waals surface area (Å²) < 4.78 is 40.2. The fourth-order valence-corrected chi connectivity index (χ4v) is 2.90. The van der Waals surface area contributed by atoms with Crippen molar-refractivity contribution < 1.29 is 18.0 Å². The van der Waals surface area contributed by atoms with Gasteiger partial charge in [-0.25, -0.2) is 4.68 Å². The predicted octanol–water partition coefficient (Wildman–Crippen LogP) is 4.20. The van der Waals surface area contributed by atoms with Crippen LogP contribution in [0.1, 0.15) is 27.2 Å². The normalized spacial score (nSPS) is 11.4. The van der Waals surface area contributed by atoms with E-state index in [1.807, 2.05) is 43.3 Å². The first-order valence-electron chi connectivity index (χ1n) is 8.93. The predicted molar refractivity (Wildman–Crippen MR) is 105 cm³/mol. The Morgan fingerprint density at radius 2 is 1.83 bits per heavy atom. The van der Waals surface area contributed by atoms with Crippen LogP contribution in [-0.4, -0.2) is 29.8 Å². The van der Waals surface area contributed by atoms with Crippen molar-refractivity contribution in [3.05, 3.63) is 77.1 Å². The Labute approximate surface area is 166 Å². The largest absolute Gasteiger partial charge is 0.416 e. The van der Waals surface area contributed by atoms with Gasteiger partial charge >= 0.3 is 6.18 Å². The first-order valence-corrected chi connectivity index (χ1v) is 8.93. The summed E-state index contributed by atoms with van der Waals surface area (Å²) in [5.74, 6) is -0.336. The number of hydrogen-bond acceptors (Lipinski definition) is 3. The zero-order valence-electron chi connectivity index (χ0n) is 16.3. The van der Waals surface area contributed by atoms with E-state index in [0.29, 0.717) is 17.8 Å². The van der Waals surface area contributed by atoms with Gasteiger partial charge in [0.1, 0.15) is 0 Å². The molecule has 0 bridgehead atoms. The van der Waals surface area contributed by atoms with Gasteiger partial charge in [0.25, 0.3) is 5.91 Å². The van der Waals surface area contributed by atoms with Crippen LogP contribution in [-0.2, 0) is 12.7 Å². The van der Waals surface area contributed by atoms with Gasteiger partial charge in [0.2, 0.25) is 0 Å². The molecule has 3 aromatic rings. The quantitative estimate of drug-likeness (QED) is 0.696. The smallest absolute Gasteiger partial charge is 0.378 e. The molecule has 0 unspecified atom stereocenters. The summed E-state index contributed by atoms with van der Waals surface area (Å²) in [4.78, 5) is 14.5. The molecule has 2 aromatic carbocycles. The summed E-state index contributed by atoms with van der Waals surface area (Å²) in [6, 6.07) is 12.6. The first-order chi connectivity index (χ1) is 13.7. The number of nitrogens with one attached hydrogen (secondary N) is 1. The summed E-state index contributed by atoms with van der Waals surface area (Å²) in [6.45, 7) is 1.98. The maximum Gasteiger partial charge on any atom is 0.416 e. The molecule has 0 saturated heterocycles. The summed E-state index contributed by atoms with van der Waals surface area (Å²) in [6.07, 6.45) is -3.08. The number of nitrogens with zero attached hydrogens (tertiary/aromatic N) is 3. The monoisotopic (exact) mass is 402 g/mol. The van der Waals surface area contributed by atoms with E-state index >= 15 is 0 Å². The Morgan fingerprint density at radius 3 is 2.45 bits per heavy atom. The van der Waals surface area contributed by atoms with Crippen LogP contribution in [0.3, 0.4) is 0 Å². The van der Waals surface area contributed by atoms with Crippen LogP contribution in [0.4, 0.5) is 18.9 Å². The fourth-order valence-electron chi connectivity index (χ4n) is 2.90. The number of halogens is 3. The Hall–Kier alpha value is -3.29. The van der Waals surface area contributed by atoms with Gasteiger partial charge in [-0.2, -0.15) is 18.3 Å². The van der Waals surface area contributed by atoms with Crippen molar-refractivity contribution in [1.29, 1.82) is 0 Å². The van der Waals surface area contributed by atoms with Crippen LogP contribution in [0.2, 0.25) is 0 Å². The SMILES string of the molecule is Cc1c(C(=O)NCc2ccc(N(C)C)cc2)cnn1-c1cccc(C(F)(F)F)c1. The molecule has 1 N–H and O–H groups in total. The molecule has 0 radical (unpaired) electrons. The number of anilines is 1. The molecule has 0 spiro atoms. The van der Waals surface area contributed by atoms with Gasteiger partial charge in [0.05, 0.1) is 28.7 Å². The maximum absolute atomic E-state index is 13.0. The average Bonchev–Trinajstić information content (AvgIpc) is 3.07. The second-order valence-electron chi connectivity index (χ2n) is 6.85. The molecular formula is C21H21F3N4O. The zero-order valence-corrected chi connectivity index (χ0v) is 16.3. The van der Waals surface area contributed by atoms with E-state index in [9.17, 15) is 18.0 Å². The number of carbonyl (C=O) groups excluding carboxylic acids is 1. The zero-order chi connectivity index (χ0) is 21.2. The van der Waals surface area contributed by atoms with Crippen molar-refractivity contribution in [2.24, 2.45) is 0 Å². The van der Waals surface area contributed by atoms with Crippen LogP contribution in [0, 0.1) is 6.92 Å². The van der Waals surface area contributed by atoms with E-state index in [2.05, 4.69) is 10.4 Å². The number of hydrogen-bond donors (Lipinski definition) is 1. The lowest BCUT2D eigenvalue weighted by Gasteiger charge is -2.13. The van der Waals surface area contributed by atoms with Gasteiger partial charge in [0, 0.05) is 26.3 Å². The van der Waals surface area contributed by atoms with Crippen molar-refractivity contribution in [1.82, 2.24) is 15.1 Å². The van der Waals surface area contributed by atoms with Gasteiger partial charge in [0.15, 0.2) is 0 Å². The molecule has 3 rings (SSSR count). The highest BCUT2D eigenvalue weighted by Gasteiger charge is 2.30. The summed E-state index contributed by atoms with van der Waals surface area (Å²) >= 11 is 0. The molecule has 0 fully saturated rings. The highest BCUT2D eigenvalue weighted by molar-refractivity contribution is 5.95. The second-order valence-corrected chi connectivity index (χ2v) is 6.85. The number of carbonyl (C=O) groups is 1. The van der Waals surface area contributed by atoms with E-state index in [4.69, 9.17) is 0 Å². The Morgan fingerprint density at radius 1 is 1.14 bits per heavy atom. The van der Waals surface area contributed by atoms with Crippen LogP contribution in [0.25, 0.3) is 5.69 Å². The number of amides is 1. The van der Waals surface area contributed by atoms with E-state index in [0.717, 1.165) is 23.4 Å². The summed E-state index contributed by atoms with van der Waals surface area (Å²) in [7, 11) is 3.89. The van der Waals surface area contributed by atoms with Gasteiger partial charge < -0.3 is 10.2 Å². The molecule has 0 atom stereocenters. The second kappa shape index (κ2) is 7.98. The van der Waals surface area contributed by atoms with Crippen molar-refractivity contribution in [3.63, 3.8) is 0 Å². The number of benzene rings is 2. The Bertz CT molecular complexity index is 1010. The van der Waals surface area contributed by atoms with E-state index in [1.54, 1.807) is 6.92 Å². The summed E-state index contributed by atoms with van der Waals surface area (Å²) in [5.41, 5.74) is 2.25. The molecule has 29 heavy (non-hydrogen) atoms. The molecule has 1 amide bonds. The third-order valence-corrected chi connectivity index (χ3v) is 4.58. The Balaban J connectivity index is 1.74. The number of rotatable bonds is 5. The molecule has 0 saturated carbocycles. The molecule has 0 aliphatic heterocycles. The van der Waals surface area contributed by atoms with Gasteiger partial charge in [-0.05, 0) is 42.8 Å². The van der Waals surface area contributed by atoms with Crippen LogP contribution >= 0.6 is 0 Å². The van der Waals surface area contributed by atoms with Crippen LogP contribution in [0.5, 0.6) is 0 Å². The minimum Gasteiger partial charge on any atom is -0.378 e. The molecule has 152 valence electrons. The average molecular weight is 402 g/mol. The lowest BCUT2D eigenvalue weighted by Crippen LogP contribution is -2.23. The van der Waals surface area contributed by atoms with Crippen molar-refractivity contribution in [2.75, 3.05) is 19.0 Å².